The fraction of sp³-hybridized carbons (Fsp3) is 0.734. The second-order valence-electron chi connectivity index (χ2n) is 20.4. The molecule has 1 rings (SSSR count). The number of aliphatic hydroxyl groups excluding tert-OH is 5. The molecule has 1 aliphatic rings. The van der Waals surface area contributed by atoms with Crippen molar-refractivity contribution in [3.05, 3.63) is 97.2 Å². The van der Waals surface area contributed by atoms with E-state index in [2.05, 4.69) is 104 Å². The van der Waals surface area contributed by atoms with Crippen LogP contribution in [0.25, 0.3) is 0 Å². The largest absolute Gasteiger partial charge is 0.394 e. The van der Waals surface area contributed by atoms with Crippen LogP contribution in [0.5, 0.6) is 0 Å². The molecule has 420 valence electrons. The number of hydrogen-bond donors (Lipinski definition) is 6. The fourth-order valence-electron chi connectivity index (χ4n) is 8.94. The van der Waals surface area contributed by atoms with Crippen molar-refractivity contribution in [2.45, 2.75) is 288 Å². The van der Waals surface area contributed by atoms with Crippen LogP contribution in [0.3, 0.4) is 0 Å². The van der Waals surface area contributed by atoms with Crippen LogP contribution >= 0.6 is 0 Å². The van der Waals surface area contributed by atoms with Gasteiger partial charge in [-0.2, -0.15) is 0 Å². The maximum Gasteiger partial charge on any atom is 0.220 e. The lowest BCUT2D eigenvalue weighted by atomic mass is 9.99. The lowest BCUT2D eigenvalue weighted by Crippen LogP contribution is -2.60. The van der Waals surface area contributed by atoms with Crippen LogP contribution in [0.15, 0.2) is 97.2 Å². The summed E-state index contributed by atoms with van der Waals surface area (Å²) in [7, 11) is 0. The number of allylic oxidation sites excluding steroid dienone is 15. The lowest BCUT2D eigenvalue weighted by Gasteiger charge is -2.40. The Kier molecular flexibility index (Phi) is 49.0. The van der Waals surface area contributed by atoms with E-state index in [1.54, 1.807) is 6.08 Å². The number of ether oxygens (including phenoxy) is 2. The molecule has 6 N–H and O–H groups in total. The quantitative estimate of drug-likeness (QED) is 0.0261. The molecular formula is C64H111NO8. The van der Waals surface area contributed by atoms with E-state index in [1.807, 2.05) is 6.08 Å². The first-order valence-electron chi connectivity index (χ1n) is 30.0. The predicted molar refractivity (Wildman–Crippen MR) is 308 cm³/mol. The Morgan fingerprint density at radius 1 is 0.479 bits per heavy atom. The molecule has 0 aromatic carbocycles. The van der Waals surface area contributed by atoms with E-state index in [9.17, 15) is 30.3 Å². The third-order valence-electron chi connectivity index (χ3n) is 13.6. The molecule has 0 spiro atoms. The number of unbranched alkanes of at least 4 members (excludes halogenated alkanes) is 26. The number of carbonyl (C=O) groups is 1. The van der Waals surface area contributed by atoms with Crippen molar-refractivity contribution in [3.8, 4) is 0 Å². The molecule has 7 unspecified atom stereocenters. The summed E-state index contributed by atoms with van der Waals surface area (Å²) >= 11 is 0. The Morgan fingerprint density at radius 3 is 1.32 bits per heavy atom. The summed E-state index contributed by atoms with van der Waals surface area (Å²) in [5.41, 5.74) is 0. The molecule has 0 aromatic rings. The van der Waals surface area contributed by atoms with Gasteiger partial charge < -0.3 is 40.3 Å². The van der Waals surface area contributed by atoms with Crippen LogP contribution in [0, 0.1) is 0 Å². The molecular weight excluding hydrogens is 911 g/mol. The third kappa shape index (κ3) is 42.0. The smallest absolute Gasteiger partial charge is 0.220 e. The van der Waals surface area contributed by atoms with Gasteiger partial charge in [0.2, 0.25) is 5.91 Å². The van der Waals surface area contributed by atoms with Crippen molar-refractivity contribution < 1.29 is 39.8 Å². The van der Waals surface area contributed by atoms with E-state index >= 15 is 0 Å². The number of carbonyl (C=O) groups excluding carboxylic acids is 1. The van der Waals surface area contributed by atoms with E-state index in [1.165, 1.54) is 135 Å². The maximum absolute atomic E-state index is 13.1. The SMILES string of the molecule is CC/C=C\C/C=C\C/C=C\C/C=C\C/C=C\C/C=C\CCCCCCC(=O)NC(COC1OC(CO)C(O)C(O)C1O)C(O)/C=C/CC/C=C/CCCCCCCCCCCCCCCCCCCCCCC. The first-order chi connectivity index (χ1) is 35.8. The minimum atomic E-state index is -1.58. The Morgan fingerprint density at radius 2 is 0.863 bits per heavy atom. The average Bonchev–Trinajstić information content (AvgIpc) is 3.39. The Hall–Kier alpha value is -2.89. The number of aliphatic hydroxyl groups is 5. The highest BCUT2D eigenvalue weighted by Gasteiger charge is 2.44. The van der Waals surface area contributed by atoms with Crippen LogP contribution in [0.4, 0.5) is 0 Å². The van der Waals surface area contributed by atoms with Gasteiger partial charge in [-0.3, -0.25) is 4.79 Å². The summed E-state index contributed by atoms with van der Waals surface area (Å²) in [6.07, 6.45) is 69.1. The summed E-state index contributed by atoms with van der Waals surface area (Å²) in [5.74, 6) is -0.213. The van der Waals surface area contributed by atoms with Crippen molar-refractivity contribution in [1.82, 2.24) is 5.32 Å². The molecule has 1 fully saturated rings. The summed E-state index contributed by atoms with van der Waals surface area (Å²) in [6, 6.07) is -0.844. The van der Waals surface area contributed by atoms with Gasteiger partial charge in [0.25, 0.3) is 0 Å². The normalized spacial score (nSPS) is 19.8. The predicted octanol–water partition coefficient (Wildman–Crippen LogP) is 15.2. The standard InChI is InChI=1S/C64H111NO8/c1-3-5-7-9-11-13-15-17-19-21-23-25-27-28-29-30-32-33-35-37-39-41-43-45-47-49-51-53-58(67)57(56-72-64-63(71)62(70)61(69)59(55-66)73-64)65-60(68)54-52-50-48-46-44-42-40-38-36-34-31-26-24-22-20-18-16-14-12-10-8-6-4-2/h6,8,12,14,18,20,24,26,34,36,40,42-43,45,51,53,57-59,61-64,66-67,69-71H,3-5,7,9-11,13,15-17,19,21-23,25,27-33,35,37-39,41,44,46-50,52,54-56H2,1-2H3,(H,65,68)/b8-6-,14-12-,20-18-,26-24-,36-34-,42-40-,45-43+,53-51+. The van der Waals surface area contributed by atoms with Crippen molar-refractivity contribution in [2.75, 3.05) is 13.2 Å². The molecule has 1 heterocycles. The highest BCUT2D eigenvalue weighted by Crippen LogP contribution is 2.23. The molecule has 9 heteroatoms. The van der Waals surface area contributed by atoms with Gasteiger partial charge in [-0.25, -0.2) is 0 Å². The van der Waals surface area contributed by atoms with Crippen molar-refractivity contribution in [3.63, 3.8) is 0 Å². The van der Waals surface area contributed by atoms with E-state index in [4.69, 9.17) is 9.47 Å². The zero-order valence-corrected chi connectivity index (χ0v) is 46.6. The van der Waals surface area contributed by atoms with E-state index in [0.29, 0.717) is 12.8 Å². The summed E-state index contributed by atoms with van der Waals surface area (Å²) in [5, 5.41) is 54.5. The van der Waals surface area contributed by atoms with Crippen LogP contribution in [0.1, 0.15) is 245 Å². The highest BCUT2D eigenvalue weighted by atomic mass is 16.7. The zero-order chi connectivity index (χ0) is 52.9. The molecule has 1 amide bonds. The van der Waals surface area contributed by atoms with E-state index < -0.39 is 49.5 Å². The minimum absolute atomic E-state index is 0.213. The molecule has 0 aliphatic carbocycles. The molecule has 7 atom stereocenters. The van der Waals surface area contributed by atoms with Crippen LogP contribution < -0.4 is 5.32 Å². The van der Waals surface area contributed by atoms with Gasteiger partial charge in [-0.15, -0.1) is 0 Å². The fourth-order valence-corrected chi connectivity index (χ4v) is 8.94. The molecule has 73 heavy (non-hydrogen) atoms. The van der Waals surface area contributed by atoms with Gasteiger partial charge in [0, 0.05) is 6.42 Å². The van der Waals surface area contributed by atoms with Crippen LogP contribution in [-0.4, -0.2) is 87.5 Å². The average molecular weight is 1020 g/mol. The van der Waals surface area contributed by atoms with Gasteiger partial charge in [0.1, 0.15) is 24.4 Å². The second kappa shape index (κ2) is 52.5. The summed E-state index contributed by atoms with van der Waals surface area (Å²) in [4.78, 5) is 13.1. The van der Waals surface area contributed by atoms with E-state index in [-0.39, 0.29) is 12.5 Å². The van der Waals surface area contributed by atoms with Gasteiger partial charge in [-0.1, -0.05) is 252 Å². The maximum atomic E-state index is 13.1. The molecule has 0 bridgehead atoms. The second-order valence-corrected chi connectivity index (χ2v) is 20.4. The molecule has 0 saturated carbocycles. The molecule has 0 aromatic heterocycles. The zero-order valence-electron chi connectivity index (χ0n) is 46.6. The van der Waals surface area contributed by atoms with Crippen molar-refractivity contribution >= 4 is 5.91 Å². The first kappa shape index (κ1) is 68.1. The lowest BCUT2D eigenvalue weighted by molar-refractivity contribution is -0.302. The number of rotatable bonds is 50. The van der Waals surface area contributed by atoms with Gasteiger partial charge in [0.05, 0.1) is 25.4 Å². The Bertz CT molecular complexity index is 1460. The molecule has 9 nitrogen and oxygen atoms in total. The summed E-state index contributed by atoms with van der Waals surface area (Å²) in [6.45, 7) is 3.64. The summed E-state index contributed by atoms with van der Waals surface area (Å²) < 4.78 is 11.3. The van der Waals surface area contributed by atoms with Gasteiger partial charge in [0.15, 0.2) is 6.29 Å². The molecule has 1 saturated heterocycles. The van der Waals surface area contributed by atoms with Crippen LogP contribution in [0.2, 0.25) is 0 Å². The highest BCUT2D eigenvalue weighted by molar-refractivity contribution is 5.76. The minimum Gasteiger partial charge on any atom is -0.394 e. The van der Waals surface area contributed by atoms with Gasteiger partial charge >= 0.3 is 0 Å². The van der Waals surface area contributed by atoms with Gasteiger partial charge in [-0.05, 0) is 83.5 Å². The molecule has 0 radical (unpaired) electrons. The van der Waals surface area contributed by atoms with Crippen LogP contribution in [-0.2, 0) is 14.3 Å². The first-order valence-corrected chi connectivity index (χ1v) is 30.0. The van der Waals surface area contributed by atoms with E-state index in [0.717, 1.165) is 83.5 Å². The number of amides is 1. The molecule has 1 aliphatic heterocycles. The third-order valence-corrected chi connectivity index (χ3v) is 13.6. The monoisotopic (exact) mass is 1020 g/mol. The van der Waals surface area contributed by atoms with Crippen molar-refractivity contribution in [2.24, 2.45) is 0 Å². The Balaban J connectivity index is 2.27. The van der Waals surface area contributed by atoms with Crippen molar-refractivity contribution in [1.29, 1.82) is 0 Å². The number of hydrogen-bond acceptors (Lipinski definition) is 8. The number of nitrogens with one attached hydrogen (secondary N) is 1. The topological polar surface area (TPSA) is 149 Å². The Labute approximate surface area is 447 Å².